The predicted octanol–water partition coefficient (Wildman–Crippen LogP) is 5.60. The first kappa shape index (κ1) is 22.5. The number of nitrogens with zero attached hydrogens (tertiary/aromatic N) is 2. The Hall–Kier alpha value is -2.73. The van der Waals surface area contributed by atoms with Crippen LogP contribution < -0.4 is 5.56 Å². The van der Waals surface area contributed by atoms with Crippen molar-refractivity contribution in [2.45, 2.75) is 65.0 Å². The standard InChI is InChI=1S/C26H31N3O2S/c1-18-13-14-20(17-19(18)2)23-11-8-16-28(23)24(30)12-4-3-7-15-29-25(31)21-9-5-6-10-22(21)27-26(29)32/h5-6,9-10,13-14,17,23H,3-4,7-8,11-12,15-16H2,1-2H3,(H,27,32). The summed E-state index contributed by atoms with van der Waals surface area (Å²) in [6.07, 6.45) is 5.20. The maximum Gasteiger partial charge on any atom is 0.262 e. The average molecular weight is 450 g/mol. The molecule has 1 N–H and O–H groups in total. The van der Waals surface area contributed by atoms with Crippen LogP contribution in [0, 0.1) is 18.6 Å². The summed E-state index contributed by atoms with van der Waals surface area (Å²) in [5.74, 6) is 0.242. The van der Waals surface area contributed by atoms with Crippen molar-refractivity contribution in [2.24, 2.45) is 0 Å². The third-order valence-corrected chi connectivity index (χ3v) is 6.97. The van der Waals surface area contributed by atoms with Gasteiger partial charge in [-0.1, -0.05) is 36.8 Å². The van der Waals surface area contributed by atoms with Gasteiger partial charge >= 0.3 is 0 Å². The summed E-state index contributed by atoms with van der Waals surface area (Å²) in [4.78, 5) is 30.8. The van der Waals surface area contributed by atoms with Gasteiger partial charge in [0.2, 0.25) is 5.91 Å². The highest BCUT2D eigenvalue weighted by atomic mass is 32.1. The number of amides is 1. The molecule has 0 saturated carbocycles. The molecule has 0 spiro atoms. The molecule has 5 nitrogen and oxygen atoms in total. The van der Waals surface area contributed by atoms with Crippen molar-refractivity contribution in [1.29, 1.82) is 0 Å². The summed E-state index contributed by atoms with van der Waals surface area (Å²) in [5, 5.41) is 0.655. The Balaban J connectivity index is 1.31. The summed E-state index contributed by atoms with van der Waals surface area (Å²) >= 11 is 5.38. The smallest absolute Gasteiger partial charge is 0.262 e. The lowest BCUT2D eigenvalue weighted by atomic mass is 9.99. The van der Waals surface area contributed by atoms with E-state index >= 15 is 0 Å². The Morgan fingerprint density at radius 1 is 1.09 bits per heavy atom. The fourth-order valence-electron chi connectivity index (χ4n) is 4.65. The summed E-state index contributed by atoms with van der Waals surface area (Å²) in [5.41, 5.74) is 4.55. The molecule has 4 rings (SSSR count). The van der Waals surface area contributed by atoms with Crippen LogP contribution in [0.1, 0.15) is 61.3 Å². The molecule has 32 heavy (non-hydrogen) atoms. The number of carbonyl (C=O) groups excluding carboxylic acids is 1. The Kier molecular flexibility index (Phi) is 6.89. The maximum atomic E-state index is 12.9. The zero-order chi connectivity index (χ0) is 22.7. The minimum absolute atomic E-state index is 0.0475. The predicted molar refractivity (Wildman–Crippen MR) is 131 cm³/mol. The van der Waals surface area contributed by atoms with Crippen molar-refractivity contribution in [1.82, 2.24) is 14.5 Å². The molecule has 3 aromatic rings. The molecule has 1 fully saturated rings. The molecule has 1 saturated heterocycles. The van der Waals surface area contributed by atoms with Crippen molar-refractivity contribution in [3.8, 4) is 0 Å². The molecule has 1 unspecified atom stereocenters. The number of fused-ring (bicyclic) bond motifs is 1. The van der Waals surface area contributed by atoms with E-state index in [1.165, 1.54) is 16.7 Å². The van der Waals surface area contributed by atoms with Crippen LogP contribution in [0.3, 0.4) is 0 Å². The van der Waals surface area contributed by atoms with Gasteiger partial charge in [-0.05, 0) is 80.6 Å². The van der Waals surface area contributed by atoms with Gasteiger partial charge in [0.25, 0.3) is 5.56 Å². The first-order valence-electron chi connectivity index (χ1n) is 11.5. The van der Waals surface area contributed by atoms with Crippen LogP contribution in [0.25, 0.3) is 10.9 Å². The lowest BCUT2D eigenvalue weighted by molar-refractivity contribution is -0.132. The van der Waals surface area contributed by atoms with Gasteiger partial charge in [-0.15, -0.1) is 0 Å². The van der Waals surface area contributed by atoms with Gasteiger partial charge in [0.1, 0.15) is 0 Å². The molecule has 2 heterocycles. The Bertz CT molecular complexity index is 1240. The Morgan fingerprint density at radius 3 is 2.72 bits per heavy atom. The molecule has 0 aliphatic carbocycles. The normalized spacial score (nSPS) is 16.1. The van der Waals surface area contributed by atoms with Crippen molar-refractivity contribution in [2.75, 3.05) is 6.54 Å². The highest BCUT2D eigenvalue weighted by Crippen LogP contribution is 2.33. The monoisotopic (exact) mass is 449 g/mol. The van der Waals surface area contributed by atoms with E-state index in [0.29, 0.717) is 23.1 Å². The fourth-order valence-corrected chi connectivity index (χ4v) is 4.94. The van der Waals surface area contributed by atoms with Gasteiger partial charge in [0, 0.05) is 19.5 Å². The van der Waals surface area contributed by atoms with E-state index in [4.69, 9.17) is 12.2 Å². The number of aryl methyl sites for hydroxylation is 2. The third kappa shape index (κ3) is 4.70. The average Bonchev–Trinajstić information content (AvgIpc) is 3.27. The second kappa shape index (κ2) is 9.82. The highest BCUT2D eigenvalue weighted by molar-refractivity contribution is 7.71. The molecule has 1 aliphatic rings. The molecule has 1 aromatic heterocycles. The third-order valence-electron chi connectivity index (χ3n) is 6.65. The largest absolute Gasteiger partial charge is 0.336 e. The summed E-state index contributed by atoms with van der Waals surface area (Å²) in [6.45, 7) is 5.67. The molecule has 0 bridgehead atoms. The molecule has 1 aliphatic heterocycles. The molecular weight excluding hydrogens is 418 g/mol. The zero-order valence-corrected chi connectivity index (χ0v) is 19.7. The summed E-state index contributed by atoms with van der Waals surface area (Å²) in [6, 6.07) is 14.2. The number of aromatic amines is 1. The number of H-pyrrole nitrogens is 1. The van der Waals surface area contributed by atoms with Gasteiger partial charge in [0.15, 0.2) is 4.77 Å². The van der Waals surface area contributed by atoms with Gasteiger partial charge < -0.3 is 9.88 Å². The molecule has 6 heteroatoms. The lowest BCUT2D eigenvalue weighted by Crippen LogP contribution is -2.30. The number of rotatable bonds is 7. The van der Waals surface area contributed by atoms with E-state index in [9.17, 15) is 9.59 Å². The lowest BCUT2D eigenvalue weighted by Gasteiger charge is -2.26. The van der Waals surface area contributed by atoms with E-state index in [-0.39, 0.29) is 17.5 Å². The molecular formula is C26H31N3O2S. The van der Waals surface area contributed by atoms with Crippen molar-refractivity contribution >= 4 is 29.0 Å². The van der Waals surface area contributed by atoms with Crippen LogP contribution >= 0.6 is 12.2 Å². The fraction of sp³-hybridized carbons (Fsp3) is 0.423. The van der Waals surface area contributed by atoms with E-state index in [2.05, 4.69) is 41.9 Å². The number of nitrogens with one attached hydrogen (secondary N) is 1. The summed E-state index contributed by atoms with van der Waals surface area (Å²) < 4.78 is 2.09. The minimum atomic E-state index is -0.0475. The van der Waals surface area contributed by atoms with Crippen LogP contribution in [-0.2, 0) is 11.3 Å². The Labute approximate surface area is 194 Å². The van der Waals surface area contributed by atoms with Gasteiger partial charge in [0.05, 0.1) is 16.9 Å². The number of likely N-dealkylation sites (tertiary alicyclic amines) is 1. The van der Waals surface area contributed by atoms with Gasteiger partial charge in [-0.3, -0.25) is 14.2 Å². The maximum absolute atomic E-state index is 12.9. The van der Waals surface area contributed by atoms with Crippen molar-refractivity contribution in [3.05, 3.63) is 74.3 Å². The molecule has 168 valence electrons. The van der Waals surface area contributed by atoms with Crippen molar-refractivity contribution in [3.63, 3.8) is 0 Å². The van der Waals surface area contributed by atoms with Crippen LogP contribution in [0.15, 0.2) is 47.3 Å². The number of benzene rings is 2. The SMILES string of the molecule is Cc1ccc(C2CCCN2C(=O)CCCCCn2c(=S)[nH]c3ccccc3c2=O)cc1C. The summed E-state index contributed by atoms with van der Waals surface area (Å²) in [7, 11) is 0. The molecule has 2 aromatic carbocycles. The second-order valence-corrected chi connectivity index (χ2v) is 9.22. The molecule has 1 amide bonds. The number of carbonyl (C=O) groups is 1. The van der Waals surface area contributed by atoms with Crippen LogP contribution in [0.4, 0.5) is 0 Å². The van der Waals surface area contributed by atoms with Crippen LogP contribution in [0.5, 0.6) is 0 Å². The van der Waals surface area contributed by atoms with E-state index in [0.717, 1.165) is 44.2 Å². The van der Waals surface area contributed by atoms with Gasteiger partial charge in [-0.2, -0.15) is 0 Å². The van der Waals surface area contributed by atoms with E-state index in [1.807, 2.05) is 24.3 Å². The number of hydrogen-bond acceptors (Lipinski definition) is 3. The number of aromatic nitrogens is 2. The number of hydrogen-bond donors (Lipinski definition) is 1. The number of para-hydroxylation sites is 1. The van der Waals surface area contributed by atoms with Crippen LogP contribution in [-0.4, -0.2) is 26.9 Å². The van der Waals surface area contributed by atoms with E-state index < -0.39 is 0 Å². The molecule has 0 radical (unpaired) electrons. The first-order chi connectivity index (χ1) is 15.5. The van der Waals surface area contributed by atoms with Crippen LogP contribution in [0.2, 0.25) is 0 Å². The number of unbranched alkanes of at least 4 members (excludes halogenated alkanes) is 2. The second-order valence-electron chi connectivity index (χ2n) is 8.83. The van der Waals surface area contributed by atoms with Gasteiger partial charge in [-0.25, -0.2) is 0 Å². The molecule has 1 atom stereocenters. The van der Waals surface area contributed by atoms with Crippen molar-refractivity contribution < 1.29 is 4.79 Å². The first-order valence-corrected chi connectivity index (χ1v) is 11.9. The zero-order valence-electron chi connectivity index (χ0n) is 18.9. The minimum Gasteiger partial charge on any atom is -0.336 e. The highest BCUT2D eigenvalue weighted by Gasteiger charge is 2.29. The quantitative estimate of drug-likeness (QED) is 0.377. The topological polar surface area (TPSA) is 58.1 Å². The Morgan fingerprint density at radius 2 is 1.91 bits per heavy atom. The van der Waals surface area contributed by atoms with E-state index in [1.54, 1.807) is 4.57 Å².